The molecule has 1 fully saturated rings. The van der Waals surface area contributed by atoms with E-state index in [2.05, 4.69) is 17.4 Å². The molecule has 1 aromatic carbocycles. The lowest BCUT2D eigenvalue weighted by atomic mass is 9.90. The molecule has 0 spiro atoms. The second-order valence-corrected chi connectivity index (χ2v) is 4.79. The van der Waals surface area contributed by atoms with Crippen LogP contribution >= 0.6 is 0 Å². The predicted octanol–water partition coefficient (Wildman–Crippen LogP) is 2.31. The molecule has 0 amide bonds. The number of carbonyl (C=O) groups excluding carboxylic acids is 1. The molecular weight excluding hydrogens is 258 g/mol. The van der Waals surface area contributed by atoms with Gasteiger partial charge in [-0.05, 0) is 37.0 Å². The second kappa shape index (κ2) is 7.14. The highest BCUT2D eigenvalue weighted by molar-refractivity contribution is 5.60. The molecule has 1 heterocycles. The van der Waals surface area contributed by atoms with E-state index in [1.807, 2.05) is 12.1 Å². The molecular formula is C15H21NO4. The highest BCUT2D eigenvalue weighted by atomic mass is 16.7. The topological polar surface area (TPSA) is 56.8 Å². The third-order valence-electron chi connectivity index (χ3n) is 3.42. The van der Waals surface area contributed by atoms with E-state index in [9.17, 15) is 4.79 Å². The predicted molar refractivity (Wildman–Crippen MR) is 75.1 cm³/mol. The minimum absolute atomic E-state index is 0.144. The summed E-state index contributed by atoms with van der Waals surface area (Å²) in [6.07, 6.45) is 0.0718. The Balaban J connectivity index is 1.93. The Morgan fingerprint density at radius 3 is 2.70 bits per heavy atom. The summed E-state index contributed by atoms with van der Waals surface area (Å²) in [5.74, 6) is 1.17. The van der Waals surface area contributed by atoms with Crippen LogP contribution in [0, 0.1) is 0 Å². The van der Waals surface area contributed by atoms with E-state index in [1.165, 1.54) is 5.56 Å². The molecule has 20 heavy (non-hydrogen) atoms. The van der Waals surface area contributed by atoms with Crippen molar-refractivity contribution in [2.45, 2.75) is 25.4 Å². The van der Waals surface area contributed by atoms with Crippen molar-refractivity contribution >= 4 is 6.16 Å². The van der Waals surface area contributed by atoms with E-state index in [1.54, 1.807) is 14.0 Å². The van der Waals surface area contributed by atoms with Gasteiger partial charge in [0.25, 0.3) is 0 Å². The maximum Gasteiger partial charge on any atom is 0.508 e. The molecule has 0 bridgehead atoms. The lowest BCUT2D eigenvalue weighted by molar-refractivity contribution is 0.0157. The van der Waals surface area contributed by atoms with Crippen LogP contribution in [0.3, 0.4) is 0 Å². The first-order valence-electron chi connectivity index (χ1n) is 6.91. The number of nitrogens with one attached hydrogen (secondary N) is 1. The molecule has 2 unspecified atom stereocenters. The van der Waals surface area contributed by atoms with Crippen molar-refractivity contribution in [1.29, 1.82) is 0 Å². The summed E-state index contributed by atoms with van der Waals surface area (Å²) in [7, 11) is 1.65. The minimum Gasteiger partial charge on any atom is -0.497 e. The highest BCUT2D eigenvalue weighted by Gasteiger charge is 2.26. The fourth-order valence-corrected chi connectivity index (χ4v) is 2.41. The van der Waals surface area contributed by atoms with Crippen molar-refractivity contribution in [1.82, 2.24) is 5.32 Å². The second-order valence-electron chi connectivity index (χ2n) is 4.79. The van der Waals surface area contributed by atoms with Crippen molar-refractivity contribution in [3.05, 3.63) is 29.8 Å². The van der Waals surface area contributed by atoms with Crippen LogP contribution in [0.5, 0.6) is 5.75 Å². The van der Waals surface area contributed by atoms with Crippen LogP contribution in [-0.2, 0) is 9.47 Å². The highest BCUT2D eigenvalue weighted by Crippen LogP contribution is 2.26. The molecule has 2 atom stereocenters. The molecule has 0 aromatic heterocycles. The molecule has 1 N–H and O–H groups in total. The Hall–Kier alpha value is -1.75. The van der Waals surface area contributed by atoms with Gasteiger partial charge in [-0.2, -0.15) is 0 Å². The fraction of sp³-hybridized carbons (Fsp3) is 0.533. The molecule has 1 aliphatic rings. The maximum atomic E-state index is 11.3. The minimum atomic E-state index is -0.588. The molecule has 5 heteroatoms. The molecule has 0 radical (unpaired) electrons. The maximum absolute atomic E-state index is 11.3. The van der Waals surface area contributed by atoms with Gasteiger partial charge in [0, 0.05) is 13.1 Å². The normalized spacial score (nSPS) is 22.1. The van der Waals surface area contributed by atoms with Gasteiger partial charge in [-0.1, -0.05) is 12.1 Å². The van der Waals surface area contributed by atoms with E-state index in [-0.39, 0.29) is 6.10 Å². The lowest BCUT2D eigenvalue weighted by Gasteiger charge is -2.29. The fourth-order valence-electron chi connectivity index (χ4n) is 2.41. The van der Waals surface area contributed by atoms with Crippen LogP contribution in [0.1, 0.15) is 24.8 Å². The van der Waals surface area contributed by atoms with E-state index < -0.39 is 6.16 Å². The average molecular weight is 279 g/mol. The Morgan fingerprint density at radius 1 is 1.30 bits per heavy atom. The molecule has 2 rings (SSSR count). The number of hydrogen-bond acceptors (Lipinski definition) is 5. The molecule has 1 aliphatic heterocycles. The van der Waals surface area contributed by atoms with E-state index in [4.69, 9.17) is 14.2 Å². The quantitative estimate of drug-likeness (QED) is 0.857. The Morgan fingerprint density at radius 2 is 2.05 bits per heavy atom. The van der Waals surface area contributed by atoms with E-state index in [0.717, 1.165) is 18.7 Å². The standard InChI is InChI=1S/C15H21NO4/c1-3-19-15(17)20-14-8-12(9-16-10-14)11-4-6-13(18-2)7-5-11/h4-7,12,14,16H,3,8-10H2,1-2H3. The van der Waals surface area contributed by atoms with E-state index >= 15 is 0 Å². The summed E-state index contributed by atoms with van der Waals surface area (Å²) < 4.78 is 15.2. The number of carbonyl (C=O) groups is 1. The molecule has 1 saturated heterocycles. The molecule has 0 aliphatic carbocycles. The first kappa shape index (κ1) is 14.7. The molecule has 110 valence electrons. The Labute approximate surface area is 119 Å². The van der Waals surface area contributed by atoms with Gasteiger partial charge in [-0.3, -0.25) is 0 Å². The summed E-state index contributed by atoms with van der Waals surface area (Å²) in [4.78, 5) is 11.3. The van der Waals surface area contributed by atoms with Crippen LogP contribution in [0.25, 0.3) is 0 Å². The summed E-state index contributed by atoms with van der Waals surface area (Å²) in [6, 6.07) is 8.01. The molecule has 0 saturated carbocycles. The van der Waals surface area contributed by atoms with Crippen molar-refractivity contribution in [3.8, 4) is 5.75 Å². The van der Waals surface area contributed by atoms with Crippen molar-refractivity contribution in [3.63, 3.8) is 0 Å². The van der Waals surface area contributed by atoms with Crippen LogP contribution in [0.2, 0.25) is 0 Å². The van der Waals surface area contributed by atoms with Crippen LogP contribution < -0.4 is 10.1 Å². The molecule has 5 nitrogen and oxygen atoms in total. The van der Waals surface area contributed by atoms with Gasteiger partial charge in [0.15, 0.2) is 0 Å². The zero-order valence-corrected chi connectivity index (χ0v) is 11.9. The number of methoxy groups -OCH3 is 1. The number of benzene rings is 1. The summed E-state index contributed by atoms with van der Waals surface area (Å²) >= 11 is 0. The zero-order valence-electron chi connectivity index (χ0n) is 11.9. The first-order chi connectivity index (χ1) is 9.72. The van der Waals surface area contributed by atoms with Gasteiger partial charge < -0.3 is 19.5 Å². The monoisotopic (exact) mass is 279 g/mol. The first-order valence-corrected chi connectivity index (χ1v) is 6.91. The zero-order chi connectivity index (χ0) is 14.4. The van der Waals surface area contributed by atoms with Crippen LogP contribution in [-0.4, -0.2) is 39.1 Å². The summed E-state index contributed by atoms with van der Waals surface area (Å²) in [6.45, 7) is 3.65. The van der Waals surface area contributed by atoms with Gasteiger partial charge in [-0.15, -0.1) is 0 Å². The average Bonchev–Trinajstić information content (AvgIpc) is 2.48. The Kier molecular flexibility index (Phi) is 5.24. The summed E-state index contributed by atoms with van der Waals surface area (Å²) in [5.41, 5.74) is 1.22. The van der Waals surface area contributed by atoms with Gasteiger partial charge in [0.05, 0.1) is 13.7 Å². The van der Waals surface area contributed by atoms with Gasteiger partial charge in [0.1, 0.15) is 11.9 Å². The Bertz CT molecular complexity index is 432. The van der Waals surface area contributed by atoms with Crippen molar-refractivity contribution in [2.75, 3.05) is 26.8 Å². The molecule has 1 aromatic rings. The van der Waals surface area contributed by atoms with Crippen LogP contribution in [0.4, 0.5) is 4.79 Å². The van der Waals surface area contributed by atoms with Crippen molar-refractivity contribution < 1.29 is 19.0 Å². The third kappa shape index (κ3) is 3.87. The van der Waals surface area contributed by atoms with Crippen LogP contribution in [0.15, 0.2) is 24.3 Å². The smallest absolute Gasteiger partial charge is 0.497 e. The largest absolute Gasteiger partial charge is 0.508 e. The lowest BCUT2D eigenvalue weighted by Crippen LogP contribution is -2.40. The number of ether oxygens (including phenoxy) is 3. The van der Waals surface area contributed by atoms with Gasteiger partial charge in [-0.25, -0.2) is 4.79 Å². The number of hydrogen-bond donors (Lipinski definition) is 1. The van der Waals surface area contributed by atoms with Crippen molar-refractivity contribution in [2.24, 2.45) is 0 Å². The SMILES string of the molecule is CCOC(=O)OC1CNCC(c2ccc(OC)cc2)C1. The summed E-state index contributed by atoms with van der Waals surface area (Å²) in [5, 5.41) is 3.30. The number of piperidine rings is 1. The van der Waals surface area contributed by atoms with E-state index in [0.29, 0.717) is 19.1 Å². The third-order valence-corrected chi connectivity index (χ3v) is 3.42. The van der Waals surface area contributed by atoms with Gasteiger partial charge >= 0.3 is 6.16 Å². The van der Waals surface area contributed by atoms with Gasteiger partial charge in [0.2, 0.25) is 0 Å². The number of rotatable bonds is 4.